The highest BCUT2D eigenvalue weighted by atomic mass is 79.9. The molecule has 2 heterocycles. The first-order valence-electron chi connectivity index (χ1n) is 9.05. The van der Waals surface area contributed by atoms with Crippen LogP contribution >= 0.6 is 50.5 Å². The van der Waals surface area contributed by atoms with Crippen molar-refractivity contribution in [1.29, 1.82) is 0 Å². The summed E-state index contributed by atoms with van der Waals surface area (Å²) in [7, 11) is 0. The van der Waals surface area contributed by atoms with E-state index in [2.05, 4.69) is 20.9 Å². The van der Waals surface area contributed by atoms with Crippen molar-refractivity contribution in [2.45, 2.75) is 18.9 Å². The first-order chi connectivity index (χ1) is 14.0. The molecule has 1 aromatic heterocycles. The van der Waals surface area contributed by atoms with Gasteiger partial charge in [0.25, 0.3) is 5.91 Å². The van der Waals surface area contributed by atoms with Crippen molar-refractivity contribution in [3.63, 3.8) is 0 Å². The molecule has 1 saturated heterocycles. The predicted octanol–water partition coefficient (Wildman–Crippen LogP) is 5.96. The third kappa shape index (κ3) is 5.03. The van der Waals surface area contributed by atoms with Gasteiger partial charge in [0.05, 0.1) is 27.9 Å². The molecule has 0 saturated carbocycles. The largest absolute Gasteiger partial charge is 0.482 e. The molecule has 0 aliphatic carbocycles. The lowest BCUT2D eigenvalue weighted by molar-refractivity contribution is -0.120. The van der Waals surface area contributed by atoms with Crippen LogP contribution in [0.4, 0.5) is 5.13 Å². The molecule has 1 aliphatic heterocycles. The Morgan fingerprint density at radius 2 is 2.17 bits per heavy atom. The van der Waals surface area contributed by atoms with Crippen molar-refractivity contribution >= 4 is 71.7 Å². The Hall–Kier alpha value is -1.38. The monoisotopic (exact) mass is 514 g/mol. The van der Waals surface area contributed by atoms with Gasteiger partial charge in [0.2, 0.25) is 0 Å². The van der Waals surface area contributed by atoms with Gasteiger partial charge in [0.15, 0.2) is 11.7 Å². The van der Waals surface area contributed by atoms with E-state index in [1.165, 1.54) is 11.3 Å². The van der Waals surface area contributed by atoms with Crippen molar-refractivity contribution in [3.8, 4) is 5.75 Å². The number of aromatic nitrogens is 1. The number of halogens is 3. The molecule has 4 rings (SSSR count). The minimum Gasteiger partial charge on any atom is -0.482 e. The van der Waals surface area contributed by atoms with Crippen molar-refractivity contribution < 1.29 is 14.3 Å². The van der Waals surface area contributed by atoms with Crippen LogP contribution in [0, 0.1) is 0 Å². The van der Waals surface area contributed by atoms with Gasteiger partial charge in [-0.05, 0) is 49.2 Å². The van der Waals surface area contributed by atoms with E-state index in [9.17, 15) is 4.79 Å². The summed E-state index contributed by atoms with van der Waals surface area (Å²) in [4.78, 5) is 19.4. The first kappa shape index (κ1) is 20.9. The Balaban J connectivity index is 1.55. The number of nitrogens with zero attached hydrogens (tertiary/aromatic N) is 2. The lowest BCUT2D eigenvalue weighted by atomic mass is 10.2. The van der Waals surface area contributed by atoms with Crippen LogP contribution in [0.25, 0.3) is 10.2 Å². The Morgan fingerprint density at radius 3 is 2.93 bits per heavy atom. The van der Waals surface area contributed by atoms with Crippen molar-refractivity contribution in [1.82, 2.24) is 4.98 Å². The molecule has 152 valence electrons. The maximum absolute atomic E-state index is 13.1. The van der Waals surface area contributed by atoms with Gasteiger partial charge in [0.1, 0.15) is 5.75 Å². The van der Waals surface area contributed by atoms with E-state index < -0.39 is 0 Å². The van der Waals surface area contributed by atoms with E-state index in [1.807, 2.05) is 18.2 Å². The summed E-state index contributed by atoms with van der Waals surface area (Å²) < 4.78 is 13.4. The fourth-order valence-corrected chi connectivity index (χ4v) is 5.10. The van der Waals surface area contributed by atoms with Crippen LogP contribution in [0.15, 0.2) is 40.9 Å². The van der Waals surface area contributed by atoms with Crippen LogP contribution in [0.3, 0.4) is 0 Å². The van der Waals surface area contributed by atoms with Crippen molar-refractivity contribution in [2.24, 2.45) is 0 Å². The minimum atomic E-state index is -0.204. The minimum absolute atomic E-state index is 0.00295. The molecule has 0 bridgehead atoms. The molecule has 1 unspecified atom stereocenters. The number of benzene rings is 2. The molecule has 2 aromatic carbocycles. The summed E-state index contributed by atoms with van der Waals surface area (Å²) in [6.07, 6.45) is 1.91. The highest BCUT2D eigenvalue weighted by molar-refractivity contribution is 9.10. The maximum Gasteiger partial charge on any atom is 0.266 e. The van der Waals surface area contributed by atoms with Crippen LogP contribution in [-0.2, 0) is 9.53 Å². The molecule has 3 aromatic rings. The van der Waals surface area contributed by atoms with E-state index in [0.717, 1.165) is 34.1 Å². The summed E-state index contributed by atoms with van der Waals surface area (Å²) in [6.45, 7) is 1.00. The molecule has 1 atom stereocenters. The average molecular weight is 516 g/mol. The number of carbonyl (C=O) groups is 1. The van der Waals surface area contributed by atoms with Crippen LogP contribution < -0.4 is 9.64 Å². The smallest absolute Gasteiger partial charge is 0.266 e. The molecular weight excluding hydrogens is 499 g/mol. The SMILES string of the molecule is O=C(COc1ccc(Cl)cc1Cl)N(CC1CCCO1)c1nc2ccc(Br)cc2s1. The lowest BCUT2D eigenvalue weighted by Crippen LogP contribution is -2.40. The molecule has 1 aliphatic rings. The molecule has 1 amide bonds. The summed E-state index contributed by atoms with van der Waals surface area (Å²) in [5.74, 6) is 0.208. The highest BCUT2D eigenvalue weighted by Gasteiger charge is 2.26. The summed E-state index contributed by atoms with van der Waals surface area (Å²) in [5, 5.41) is 1.50. The van der Waals surface area contributed by atoms with Gasteiger partial charge in [0, 0.05) is 16.1 Å². The lowest BCUT2D eigenvalue weighted by Gasteiger charge is -2.23. The van der Waals surface area contributed by atoms with Gasteiger partial charge >= 0.3 is 0 Å². The van der Waals surface area contributed by atoms with Crippen molar-refractivity contribution in [2.75, 3.05) is 24.7 Å². The van der Waals surface area contributed by atoms with Crippen LogP contribution in [0.5, 0.6) is 5.75 Å². The highest BCUT2D eigenvalue weighted by Crippen LogP contribution is 2.32. The summed E-state index contributed by atoms with van der Waals surface area (Å²) in [6, 6.07) is 10.8. The number of ether oxygens (including phenoxy) is 2. The number of hydrogen-bond donors (Lipinski definition) is 0. The van der Waals surface area contributed by atoms with Gasteiger partial charge < -0.3 is 9.47 Å². The zero-order chi connectivity index (χ0) is 20.4. The number of thiazole rings is 1. The molecule has 0 spiro atoms. The third-order valence-corrected chi connectivity index (χ3v) is 6.59. The maximum atomic E-state index is 13.1. The van der Waals surface area contributed by atoms with Crippen LogP contribution in [0.1, 0.15) is 12.8 Å². The topological polar surface area (TPSA) is 51.7 Å². The zero-order valence-corrected chi connectivity index (χ0v) is 19.2. The summed E-state index contributed by atoms with van der Waals surface area (Å²) >= 11 is 17.0. The molecule has 9 heteroatoms. The third-order valence-electron chi connectivity index (χ3n) is 4.53. The van der Waals surface area contributed by atoms with Gasteiger partial charge in [-0.15, -0.1) is 0 Å². The number of rotatable bonds is 6. The normalized spacial score (nSPS) is 16.3. The zero-order valence-electron chi connectivity index (χ0n) is 15.2. The second kappa shape index (κ2) is 9.18. The van der Waals surface area contributed by atoms with Gasteiger partial charge in [-0.3, -0.25) is 9.69 Å². The average Bonchev–Trinajstić information content (AvgIpc) is 3.34. The van der Waals surface area contributed by atoms with Crippen LogP contribution in [0.2, 0.25) is 10.0 Å². The fourth-order valence-electron chi connectivity index (χ4n) is 3.09. The van der Waals surface area contributed by atoms with E-state index in [-0.39, 0.29) is 18.6 Å². The molecule has 0 radical (unpaired) electrons. The molecule has 0 N–H and O–H groups in total. The molecule has 5 nitrogen and oxygen atoms in total. The van der Waals surface area contributed by atoms with Gasteiger partial charge in [-0.2, -0.15) is 0 Å². The molecular formula is C20H17BrCl2N2O3S. The fraction of sp³-hybridized carbons (Fsp3) is 0.300. The van der Waals surface area contributed by atoms with E-state index in [4.69, 9.17) is 32.7 Å². The van der Waals surface area contributed by atoms with E-state index in [0.29, 0.717) is 27.5 Å². The summed E-state index contributed by atoms with van der Waals surface area (Å²) in [5.41, 5.74) is 0.847. The Bertz CT molecular complexity index is 1040. The second-order valence-electron chi connectivity index (χ2n) is 6.61. The quantitative estimate of drug-likeness (QED) is 0.406. The van der Waals surface area contributed by atoms with E-state index >= 15 is 0 Å². The first-order valence-corrected chi connectivity index (χ1v) is 11.4. The van der Waals surface area contributed by atoms with Crippen LogP contribution in [-0.4, -0.2) is 36.8 Å². The second-order valence-corrected chi connectivity index (χ2v) is 9.38. The number of anilines is 1. The number of carbonyl (C=O) groups excluding carboxylic acids is 1. The Morgan fingerprint density at radius 1 is 1.31 bits per heavy atom. The Labute approximate surface area is 190 Å². The number of amides is 1. The molecule has 1 fully saturated rings. The van der Waals surface area contributed by atoms with E-state index in [1.54, 1.807) is 23.1 Å². The van der Waals surface area contributed by atoms with Crippen molar-refractivity contribution in [3.05, 3.63) is 50.9 Å². The standard InChI is InChI=1S/C20H17BrCl2N2O3S/c21-12-3-5-16-18(8-12)29-20(24-16)25(10-14-2-1-7-27-14)19(26)11-28-17-6-4-13(22)9-15(17)23/h3-6,8-9,14H,1-2,7,10-11H2. The number of fused-ring (bicyclic) bond motifs is 1. The Kier molecular flexibility index (Phi) is 6.61. The predicted molar refractivity (Wildman–Crippen MR) is 121 cm³/mol. The molecule has 29 heavy (non-hydrogen) atoms. The number of hydrogen-bond acceptors (Lipinski definition) is 5. The van der Waals surface area contributed by atoms with Gasteiger partial charge in [-0.25, -0.2) is 4.98 Å². The van der Waals surface area contributed by atoms with Gasteiger partial charge in [-0.1, -0.05) is 50.5 Å².